The second-order valence-corrected chi connectivity index (χ2v) is 13.1. The molecule has 2 aromatic rings. The Balaban J connectivity index is 1.56. The summed E-state index contributed by atoms with van der Waals surface area (Å²) in [5.41, 5.74) is -1.37. The number of hydrogen-bond donors (Lipinski definition) is 3. The van der Waals surface area contributed by atoms with E-state index in [0.717, 1.165) is 26.1 Å². The summed E-state index contributed by atoms with van der Waals surface area (Å²) in [6, 6.07) is 5.95. The topological polar surface area (TPSA) is 82.7 Å². The predicted molar refractivity (Wildman–Crippen MR) is 156 cm³/mol. The van der Waals surface area contributed by atoms with Gasteiger partial charge in [0.25, 0.3) is 0 Å². The molecule has 3 aliphatic rings. The summed E-state index contributed by atoms with van der Waals surface area (Å²) in [5.74, 6) is -3.36. The van der Waals surface area contributed by atoms with Crippen LogP contribution in [0.2, 0.25) is 10.0 Å². The van der Waals surface area contributed by atoms with E-state index in [4.69, 9.17) is 27.9 Å². The van der Waals surface area contributed by atoms with Crippen LogP contribution in [0.15, 0.2) is 30.3 Å². The fourth-order valence-electron chi connectivity index (χ4n) is 6.63. The molecular weight excluding hydrogens is 573 g/mol. The molecule has 2 fully saturated rings. The molecule has 2 amide bonds. The third kappa shape index (κ3) is 5.59. The third-order valence-electron chi connectivity index (χ3n) is 8.38. The minimum Gasteiger partial charge on any atom is -0.379 e. The van der Waals surface area contributed by atoms with Crippen LogP contribution >= 0.6 is 23.2 Å². The van der Waals surface area contributed by atoms with Crippen LogP contribution < -0.4 is 16.0 Å². The van der Waals surface area contributed by atoms with Gasteiger partial charge in [-0.3, -0.25) is 14.5 Å². The van der Waals surface area contributed by atoms with Crippen LogP contribution in [0, 0.1) is 17.0 Å². The van der Waals surface area contributed by atoms with E-state index in [0.29, 0.717) is 31.7 Å². The maximum Gasteiger partial charge on any atom is 0.237 e. The van der Waals surface area contributed by atoms with Gasteiger partial charge in [-0.05, 0) is 48.1 Å². The van der Waals surface area contributed by atoms with Gasteiger partial charge in [0.1, 0.15) is 11.2 Å². The van der Waals surface area contributed by atoms with Crippen LogP contribution in [0.25, 0.3) is 0 Å². The molecule has 222 valence electrons. The number of carbonyl (C=O) groups excluding carboxylic acids is 2. The number of ether oxygens (including phenoxy) is 1. The molecule has 11 heteroatoms. The number of fused-ring (bicyclic) bond motifs is 2. The average Bonchev–Trinajstić information content (AvgIpc) is 3.41. The Bertz CT molecular complexity index is 1330. The highest BCUT2D eigenvalue weighted by molar-refractivity contribution is 6.31. The smallest absolute Gasteiger partial charge is 0.237 e. The van der Waals surface area contributed by atoms with Crippen LogP contribution in [-0.2, 0) is 19.7 Å². The number of rotatable bonds is 7. The first-order valence-electron chi connectivity index (χ1n) is 14.0. The Kier molecular flexibility index (Phi) is 8.66. The molecule has 0 bridgehead atoms. The lowest BCUT2D eigenvalue weighted by Gasteiger charge is -2.37. The van der Waals surface area contributed by atoms with Crippen molar-refractivity contribution in [2.24, 2.45) is 5.41 Å². The van der Waals surface area contributed by atoms with Gasteiger partial charge in [0.15, 0.2) is 5.82 Å². The zero-order valence-electron chi connectivity index (χ0n) is 23.5. The first kappa shape index (κ1) is 30.2. The minimum absolute atomic E-state index is 0.0396. The van der Waals surface area contributed by atoms with Gasteiger partial charge in [-0.1, -0.05) is 62.2 Å². The highest BCUT2D eigenvalue weighted by Crippen LogP contribution is 2.57. The van der Waals surface area contributed by atoms with Crippen LogP contribution in [0.5, 0.6) is 0 Å². The molecule has 0 radical (unpaired) electrons. The maximum atomic E-state index is 15.8. The summed E-state index contributed by atoms with van der Waals surface area (Å²) in [7, 11) is 0. The van der Waals surface area contributed by atoms with Gasteiger partial charge in [0, 0.05) is 31.6 Å². The molecule has 3 heterocycles. The second-order valence-electron chi connectivity index (χ2n) is 12.3. The van der Waals surface area contributed by atoms with Crippen molar-refractivity contribution < 1.29 is 23.1 Å². The molecule has 41 heavy (non-hydrogen) atoms. The number of nitrogens with zero attached hydrogens (tertiary/aromatic N) is 1. The Labute approximate surface area is 249 Å². The van der Waals surface area contributed by atoms with Gasteiger partial charge in [-0.2, -0.15) is 0 Å². The van der Waals surface area contributed by atoms with E-state index in [-0.39, 0.29) is 32.6 Å². The summed E-state index contributed by atoms with van der Waals surface area (Å²) in [5, 5.41) is 8.85. The lowest BCUT2D eigenvalue weighted by atomic mass is 9.62. The fraction of sp³-hybridized carbons (Fsp3) is 0.533. The van der Waals surface area contributed by atoms with E-state index < -0.39 is 41.0 Å². The number of halogens is 4. The zero-order chi connectivity index (χ0) is 29.5. The van der Waals surface area contributed by atoms with Crippen LogP contribution in [0.1, 0.15) is 50.7 Å². The fourth-order valence-corrected chi connectivity index (χ4v) is 6.97. The van der Waals surface area contributed by atoms with Gasteiger partial charge in [0.05, 0.1) is 35.0 Å². The highest BCUT2D eigenvalue weighted by atomic mass is 35.5. The van der Waals surface area contributed by atoms with E-state index in [1.54, 1.807) is 18.2 Å². The summed E-state index contributed by atoms with van der Waals surface area (Å²) in [6.07, 6.45) is 1.17. The van der Waals surface area contributed by atoms with Crippen molar-refractivity contribution in [2.45, 2.75) is 57.0 Å². The Hall–Kier alpha value is -2.30. The van der Waals surface area contributed by atoms with E-state index in [1.807, 2.05) is 20.8 Å². The van der Waals surface area contributed by atoms with E-state index in [2.05, 4.69) is 20.9 Å². The van der Waals surface area contributed by atoms with Crippen molar-refractivity contribution in [3.63, 3.8) is 0 Å². The number of benzene rings is 2. The standard InChI is InChI=1S/C30H36Cl2F2N4O3/c1-29(2,3)16-21-30(18-8-9-20(32)24(34)25(18)37-28(30)40)22(17-6-4-7-19(31)23(17)33)26(36-21)27(39)35-10-5-11-38-12-14-41-15-13-38/h4,6-9,21-22,26,36H,5,10-16H2,1-3H3,(H,35,39)(H,37,40)/t21-,22+,26-,30+/m1/s1. The Morgan fingerprint density at radius 1 is 1.12 bits per heavy atom. The first-order chi connectivity index (χ1) is 19.4. The zero-order valence-corrected chi connectivity index (χ0v) is 25.0. The summed E-state index contributed by atoms with van der Waals surface area (Å²) >= 11 is 12.3. The Morgan fingerprint density at radius 3 is 2.54 bits per heavy atom. The quantitative estimate of drug-likeness (QED) is 0.391. The van der Waals surface area contributed by atoms with Crippen molar-refractivity contribution in [1.29, 1.82) is 0 Å². The monoisotopic (exact) mass is 608 g/mol. The molecule has 2 aromatic carbocycles. The van der Waals surface area contributed by atoms with Crippen LogP contribution in [0.4, 0.5) is 14.5 Å². The number of nitrogens with one attached hydrogen (secondary N) is 3. The number of carbonyl (C=O) groups is 2. The van der Waals surface area contributed by atoms with Crippen LogP contribution in [-0.4, -0.2) is 68.2 Å². The SMILES string of the molecule is CC(C)(C)C[C@H]1N[C@@H](C(=O)NCCCN2CCOCC2)[C@H](c2cccc(Cl)c2F)[C@@]12C(=O)Nc1c2ccc(Cl)c1F. The molecule has 0 unspecified atom stereocenters. The molecule has 0 aromatic heterocycles. The lowest BCUT2D eigenvalue weighted by molar-refractivity contribution is -0.123. The number of amides is 2. The highest BCUT2D eigenvalue weighted by Gasteiger charge is 2.66. The van der Waals surface area contributed by atoms with Gasteiger partial charge >= 0.3 is 0 Å². The van der Waals surface area contributed by atoms with Gasteiger partial charge in [-0.15, -0.1) is 0 Å². The van der Waals surface area contributed by atoms with Crippen LogP contribution in [0.3, 0.4) is 0 Å². The predicted octanol–water partition coefficient (Wildman–Crippen LogP) is 4.86. The van der Waals surface area contributed by atoms with Crippen molar-refractivity contribution in [1.82, 2.24) is 15.5 Å². The Morgan fingerprint density at radius 2 is 1.83 bits per heavy atom. The maximum absolute atomic E-state index is 15.8. The first-order valence-corrected chi connectivity index (χ1v) is 14.8. The van der Waals surface area contributed by atoms with E-state index in [1.165, 1.54) is 12.1 Å². The summed E-state index contributed by atoms with van der Waals surface area (Å²) in [4.78, 5) is 30.3. The largest absolute Gasteiger partial charge is 0.379 e. The van der Waals surface area contributed by atoms with E-state index in [9.17, 15) is 9.59 Å². The normalized spacial score (nSPS) is 26.3. The van der Waals surface area contributed by atoms with Gasteiger partial charge in [-0.25, -0.2) is 8.78 Å². The molecule has 0 saturated carbocycles. The second kappa shape index (κ2) is 11.8. The molecule has 2 saturated heterocycles. The van der Waals surface area contributed by atoms with Gasteiger partial charge < -0.3 is 20.7 Å². The van der Waals surface area contributed by atoms with E-state index >= 15 is 8.78 Å². The number of hydrogen-bond acceptors (Lipinski definition) is 5. The molecule has 5 rings (SSSR count). The molecule has 1 spiro atoms. The molecule has 3 N–H and O–H groups in total. The molecule has 4 atom stereocenters. The molecule has 0 aliphatic carbocycles. The van der Waals surface area contributed by atoms with Crippen molar-refractivity contribution in [3.8, 4) is 0 Å². The summed E-state index contributed by atoms with van der Waals surface area (Å²) in [6.45, 7) is 10.4. The molecule has 3 aliphatic heterocycles. The minimum atomic E-state index is -1.50. The number of morpholine rings is 1. The summed E-state index contributed by atoms with van der Waals surface area (Å²) < 4.78 is 36.5. The molecule has 7 nitrogen and oxygen atoms in total. The van der Waals surface area contributed by atoms with Crippen molar-refractivity contribution in [3.05, 3.63) is 63.1 Å². The van der Waals surface area contributed by atoms with Gasteiger partial charge in [0.2, 0.25) is 11.8 Å². The number of anilines is 1. The average molecular weight is 610 g/mol. The molecular formula is C30H36Cl2F2N4O3. The third-order valence-corrected chi connectivity index (χ3v) is 8.96. The lowest BCUT2D eigenvalue weighted by Crippen LogP contribution is -2.49. The van der Waals surface area contributed by atoms with Crippen molar-refractivity contribution in [2.75, 3.05) is 44.7 Å². The van der Waals surface area contributed by atoms with Crippen molar-refractivity contribution >= 4 is 40.7 Å².